The van der Waals surface area contributed by atoms with Crippen LogP contribution in [0.25, 0.3) is 10.1 Å². The van der Waals surface area contributed by atoms with Gasteiger partial charge < -0.3 is 15.5 Å². The molecule has 5 nitrogen and oxygen atoms in total. The predicted molar refractivity (Wildman–Crippen MR) is 72.4 cm³/mol. The van der Waals surface area contributed by atoms with Gasteiger partial charge in [-0.25, -0.2) is 9.18 Å². The van der Waals surface area contributed by atoms with Gasteiger partial charge >= 0.3 is 5.97 Å². The minimum atomic E-state index is -1.49. The number of hydrogen-bond donors (Lipinski definition) is 3. The molecular formula is C13H12FNO4S. The van der Waals surface area contributed by atoms with E-state index < -0.39 is 12.1 Å². The highest BCUT2D eigenvalue weighted by Gasteiger charge is 2.14. The third-order valence-corrected chi connectivity index (χ3v) is 3.81. The van der Waals surface area contributed by atoms with Crippen LogP contribution in [0.2, 0.25) is 0 Å². The molecule has 1 amide bonds. The molecule has 0 bridgehead atoms. The highest BCUT2D eigenvalue weighted by molar-refractivity contribution is 7.20. The molecular weight excluding hydrogens is 285 g/mol. The smallest absolute Gasteiger partial charge is 0.332 e. The zero-order chi connectivity index (χ0) is 14.7. The number of nitrogens with one attached hydrogen (secondary N) is 1. The average molecular weight is 297 g/mol. The maximum atomic E-state index is 13.0. The van der Waals surface area contributed by atoms with Crippen LogP contribution in [-0.4, -0.2) is 34.7 Å². The molecule has 0 unspecified atom stereocenters. The van der Waals surface area contributed by atoms with E-state index in [1.165, 1.54) is 23.5 Å². The van der Waals surface area contributed by atoms with Crippen LogP contribution < -0.4 is 5.32 Å². The van der Waals surface area contributed by atoms with Crippen LogP contribution in [-0.2, 0) is 4.79 Å². The highest BCUT2D eigenvalue weighted by atomic mass is 32.1. The molecule has 2 rings (SSSR count). The van der Waals surface area contributed by atoms with E-state index in [1.807, 2.05) is 0 Å². The van der Waals surface area contributed by atoms with Gasteiger partial charge in [0.15, 0.2) is 6.10 Å². The fourth-order valence-corrected chi connectivity index (χ4v) is 2.62. The first-order valence-corrected chi connectivity index (χ1v) is 6.67. The monoisotopic (exact) mass is 297 g/mol. The number of carbonyl (C=O) groups is 2. The SMILES string of the molecule is O=C(NCC[C@H](O)C(=O)O)c1cc2cc(F)ccc2s1. The molecule has 0 aliphatic carbocycles. The molecule has 1 aromatic carbocycles. The van der Waals surface area contributed by atoms with Crippen LogP contribution in [0.15, 0.2) is 24.3 Å². The first-order chi connectivity index (χ1) is 9.47. The number of carbonyl (C=O) groups excluding carboxylic acids is 1. The topological polar surface area (TPSA) is 86.6 Å². The first-order valence-electron chi connectivity index (χ1n) is 5.85. The van der Waals surface area contributed by atoms with Gasteiger partial charge in [0.2, 0.25) is 0 Å². The zero-order valence-corrected chi connectivity index (χ0v) is 11.1. The van der Waals surface area contributed by atoms with Gasteiger partial charge in [-0.05, 0) is 29.7 Å². The Balaban J connectivity index is 1.99. The van der Waals surface area contributed by atoms with Crippen molar-refractivity contribution >= 4 is 33.3 Å². The van der Waals surface area contributed by atoms with Crippen LogP contribution in [0, 0.1) is 5.82 Å². The summed E-state index contributed by atoms with van der Waals surface area (Å²) in [6, 6.07) is 5.84. The summed E-state index contributed by atoms with van der Waals surface area (Å²) in [6.07, 6.45) is -1.56. The molecule has 0 aliphatic heterocycles. The van der Waals surface area contributed by atoms with Crippen molar-refractivity contribution in [3.63, 3.8) is 0 Å². The summed E-state index contributed by atoms with van der Waals surface area (Å²) >= 11 is 1.22. The van der Waals surface area contributed by atoms with Gasteiger partial charge in [0, 0.05) is 17.7 Å². The zero-order valence-electron chi connectivity index (χ0n) is 10.3. The van der Waals surface area contributed by atoms with Crippen LogP contribution in [0.1, 0.15) is 16.1 Å². The lowest BCUT2D eigenvalue weighted by atomic mass is 10.2. The Labute approximate surface area is 117 Å². The van der Waals surface area contributed by atoms with Gasteiger partial charge in [-0.3, -0.25) is 4.79 Å². The molecule has 3 N–H and O–H groups in total. The molecule has 1 heterocycles. The Hall–Kier alpha value is -1.99. The molecule has 0 saturated heterocycles. The third-order valence-electron chi connectivity index (χ3n) is 2.69. The number of benzene rings is 1. The Morgan fingerprint density at radius 3 is 2.80 bits per heavy atom. The number of fused-ring (bicyclic) bond motifs is 1. The van der Waals surface area contributed by atoms with Crippen molar-refractivity contribution in [1.29, 1.82) is 0 Å². The van der Waals surface area contributed by atoms with E-state index in [0.717, 1.165) is 4.70 Å². The summed E-state index contributed by atoms with van der Waals surface area (Å²) in [5, 5.41) is 20.7. The normalized spacial score (nSPS) is 12.3. The summed E-state index contributed by atoms with van der Waals surface area (Å²) in [4.78, 5) is 22.6. The molecule has 0 aliphatic rings. The first kappa shape index (κ1) is 14.4. The molecule has 1 aromatic heterocycles. The van der Waals surface area contributed by atoms with E-state index in [2.05, 4.69) is 5.32 Å². The van der Waals surface area contributed by atoms with Crippen molar-refractivity contribution in [2.45, 2.75) is 12.5 Å². The van der Waals surface area contributed by atoms with Crippen molar-refractivity contribution in [3.8, 4) is 0 Å². The Kier molecular flexibility index (Phi) is 4.31. The number of aliphatic carboxylic acids is 1. The minimum Gasteiger partial charge on any atom is -0.479 e. The quantitative estimate of drug-likeness (QED) is 0.782. The van der Waals surface area contributed by atoms with Crippen molar-refractivity contribution in [2.75, 3.05) is 6.54 Å². The van der Waals surface area contributed by atoms with Gasteiger partial charge in [-0.1, -0.05) is 0 Å². The van der Waals surface area contributed by atoms with E-state index in [0.29, 0.717) is 10.3 Å². The van der Waals surface area contributed by atoms with Gasteiger partial charge in [-0.15, -0.1) is 11.3 Å². The summed E-state index contributed by atoms with van der Waals surface area (Å²) in [5.74, 6) is -2.06. The number of rotatable bonds is 5. The molecule has 106 valence electrons. The van der Waals surface area contributed by atoms with Crippen LogP contribution in [0.4, 0.5) is 4.39 Å². The molecule has 20 heavy (non-hydrogen) atoms. The number of carboxylic acid groups (broad SMARTS) is 1. The number of aliphatic hydroxyl groups excluding tert-OH is 1. The van der Waals surface area contributed by atoms with E-state index in [4.69, 9.17) is 10.2 Å². The maximum Gasteiger partial charge on any atom is 0.332 e. The van der Waals surface area contributed by atoms with Crippen LogP contribution in [0.5, 0.6) is 0 Å². The minimum absolute atomic E-state index is 0.0505. The number of halogens is 1. The largest absolute Gasteiger partial charge is 0.479 e. The number of aliphatic hydroxyl groups is 1. The lowest BCUT2D eigenvalue weighted by molar-refractivity contribution is -0.146. The Morgan fingerprint density at radius 1 is 1.35 bits per heavy atom. The molecule has 7 heteroatoms. The second kappa shape index (κ2) is 5.98. The number of carboxylic acids is 1. The van der Waals surface area contributed by atoms with Gasteiger partial charge in [-0.2, -0.15) is 0 Å². The fraction of sp³-hybridized carbons (Fsp3) is 0.231. The second-order valence-electron chi connectivity index (χ2n) is 4.19. The summed E-state index contributed by atoms with van der Waals surface area (Å²) in [6.45, 7) is 0.0505. The van der Waals surface area contributed by atoms with Gasteiger partial charge in [0.1, 0.15) is 5.82 Å². The van der Waals surface area contributed by atoms with Gasteiger partial charge in [0.25, 0.3) is 5.91 Å². The van der Waals surface area contributed by atoms with Crippen LogP contribution in [0.3, 0.4) is 0 Å². The van der Waals surface area contributed by atoms with E-state index in [9.17, 15) is 14.0 Å². The molecule has 0 spiro atoms. The van der Waals surface area contributed by atoms with Crippen molar-refractivity contribution in [1.82, 2.24) is 5.32 Å². The van der Waals surface area contributed by atoms with E-state index >= 15 is 0 Å². The highest BCUT2D eigenvalue weighted by Crippen LogP contribution is 2.26. The third kappa shape index (κ3) is 3.31. The molecule has 1 atom stereocenters. The van der Waals surface area contributed by atoms with E-state index in [-0.39, 0.29) is 24.7 Å². The number of amides is 1. The summed E-state index contributed by atoms with van der Waals surface area (Å²) < 4.78 is 13.8. The number of hydrogen-bond acceptors (Lipinski definition) is 4. The number of thiophene rings is 1. The average Bonchev–Trinajstić information content (AvgIpc) is 2.81. The van der Waals surface area contributed by atoms with Crippen molar-refractivity contribution in [3.05, 3.63) is 35.0 Å². The van der Waals surface area contributed by atoms with Gasteiger partial charge in [0.05, 0.1) is 4.88 Å². The Bertz CT molecular complexity index is 655. The van der Waals surface area contributed by atoms with E-state index in [1.54, 1.807) is 12.1 Å². The maximum absolute atomic E-state index is 13.0. The molecule has 2 aromatic rings. The standard InChI is InChI=1S/C13H12FNO4S/c14-8-1-2-10-7(5-8)6-11(20-10)12(17)15-4-3-9(16)13(18)19/h1-2,5-6,9,16H,3-4H2,(H,15,17)(H,18,19)/t9-/m0/s1. The second-order valence-corrected chi connectivity index (χ2v) is 5.28. The molecule has 0 fully saturated rings. The summed E-state index contributed by atoms with van der Waals surface area (Å²) in [5.41, 5.74) is 0. The van der Waals surface area contributed by atoms with Crippen LogP contribution >= 0.6 is 11.3 Å². The fourth-order valence-electron chi connectivity index (χ4n) is 1.66. The molecule has 0 radical (unpaired) electrons. The predicted octanol–water partition coefficient (Wildman–Crippen LogP) is 1.61. The Morgan fingerprint density at radius 2 is 2.10 bits per heavy atom. The summed E-state index contributed by atoms with van der Waals surface area (Å²) in [7, 11) is 0. The molecule has 0 saturated carbocycles. The lowest BCUT2D eigenvalue weighted by Gasteiger charge is -2.05. The lowest BCUT2D eigenvalue weighted by Crippen LogP contribution is -2.29. The van der Waals surface area contributed by atoms with Crippen molar-refractivity contribution < 1.29 is 24.2 Å². The van der Waals surface area contributed by atoms with Crippen molar-refractivity contribution in [2.24, 2.45) is 0 Å².